The second-order valence-electron chi connectivity index (χ2n) is 5.74. The molecule has 0 bridgehead atoms. The summed E-state index contributed by atoms with van der Waals surface area (Å²) in [6.07, 6.45) is -3.25. The van der Waals surface area contributed by atoms with E-state index in [2.05, 4.69) is 10.6 Å². The third kappa shape index (κ3) is 6.58. The summed E-state index contributed by atoms with van der Waals surface area (Å²) in [6.45, 7) is 0.446. The van der Waals surface area contributed by atoms with Gasteiger partial charge in [-0.15, -0.1) is 0 Å². The van der Waals surface area contributed by atoms with Gasteiger partial charge in [0.2, 0.25) is 11.8 Å². The van der Waals surface area contributed by atoms with Gasteiger partial charge in [0.15, 0.2) is 0 Å². The molecular formula is C19H19F3N2O2. The Bertz CT molecular complexity index is 729. The van der Waals surface area contributed by atoms with Crippen LogP contribution in [0.3, 0.4) is 0 Å². The smallest absolute Gasteiger partial charge is 0.356 e. The average Bonchev–Trinajstić information content (AvgIpc) is 2.59. The predicted molar refractivity (Wildman–Crippen MR) is 92.5 cm³/mol. The molecule has 0 radical (unpaired) electrons. The molecule has 4 nitrogen and oxygen atoms in total. The first-order valence-electron chi connectivity index (χ1n) is 8.12. The zero-order valence-electron chi connectivity index (χ0n) is 14.0. The molecule has 2 rings (SSSR count). The second-order valence-corrected chi connectivity index (χ2v) is 5.74. The average molecular weight is 364 g/mol. The molecule has 0 unspecified atom stereocenters. The van der Waals surface area contributed by atoms with Crippen LogP contribution in [0.2, 0.25) is 0 Å². The zero-order valence-corrected chi connectivity index (χ0v) is 14.0. The van der Waals surface area contributed by atoms with Crippen LogP contribution in [0.1, 0.15) is 24.0 Å². The van der Waals surface area contributed by atoms with Crippen molar-refractivity contribution in [3.8, 4) is 0 Å². The van der Waals surface area contributed by atoms with Crippen LogP contribution in [0.25, 0.3) is 0 Å². The standard InChI is InChI=1S/C19H19F3N2O2/c20-19(21,22)15-8-10-16(11-9-15)24-18(26)13-17(25)23-12-4-7-14-5-2-1-3-6-14/h1-3,5-6,8-11H,4,7,12-13H2,(H,23,25)(H,24,26). The topological polar surface area (TPSA) is 58.2 Å². The van der Waals surface area contributed by atoms with Crippen molar-refractivity contribution in [2.45, 2.75) is 25.4 Å². The van der Waals surface area contributed by atoms with Crippen LogP contribution in [-0.2, 0) is 22.2 Å². The zero-order chi connectivity index (χ0) is 19.0. The van der Waals surface area contributed by atoms with Gasteiger partial charge in [0.1, 0.15) is 6.42 Å². The van der Waals surface area contributed by atoms with Gasteiger partial charge in [-0.2, -0.15) is 13.2 Å². The highest BCUT2D eigenvalue weighted by Crippen LogP contribution is 2.29. The molecule has 2 aromatic carbocycles. The summed E-state index contributed by atoms with van der Waals surface area (Å²) >= 11 is 0. The molecule has 0 aliphatic heterocycles. The number of anilines is 1. The number of hydrogen-bond acceptors (Lipinski definition) is 2. The minimum atomic E-state index is -4.43. The summed E-state index contributed by atoms with van der Waals surface area (Å²) in [5.41, 5.74) is 0.577. The van der Waals surface area contributed by atoms with Gasteiger partial charge in [0.25, 0.3) is 0 Å². The Balaban J connectivity index is 1.69. The van der Waals surface area contributed by atoms with Gasteiger partial charge in [0.05, 0.1) is 5.56 Å². The van der Waals surface area contributed by atoms with Crippen LogP contribution in [-0.4, -0.2) is 18.4 Å². The van der Waals surface area contributed by atoms with E-state index in [1.165, 1.54) is 5.56 Å². The molecule has 0 saturated heterocycles. The summed E-state index contributed by atoms with van der Waals surface area (Å²) < 4.78 is 37.4. The number of halogens is 3. The van der Waals surface area contributed by atoms with E-state index in [1.807, 2.05) is 30.3 Å². The number of aryl methyl sites for hydroxylation is 1. The van der Waals surface area contributed by atoms with E-state index < -0.39 is 23.6 Å². The van der Waals surface area contributed by atoms with Crippen LogP contribution in [0, 0.1) is 0 Å². The summed E-state index contributed by atoms with van der Waals surface area (Å²) in [6, 6.07) is 13.9. The van der Waals surface area contributed by atoms with Crippen molar-refractivity contribution in [2.24, 2.45) is 0 Å². The van der Waals surface area contributed by atoms with Crippen molar-refractivity contribution in [2.75, 3.05) is 11.9 Å². The summed E-state index contributed by atoms with van der Waals surface area (Å²) in [4.78, 5) is 23.5. The largest absolute Gasteiger partial charge is 0.416 e. The van der Waals surface area contributed by atoms with Gasteiger partial charge in [-0.25, -0.2) is 0 Å². The Morgan fingerprint density at radius 2 is 1.54 bits per heavy atom. The minimum absolute atomic E-state index is 0.208. The lowest BCUT2D eigenvalue weighted by atomic mass is 10.1. The van der Waals surface area contributed by atoms with Crippen LogP contribution in [0.4, 0.5) is 18.9 Å². The molecule has 0 aromatic heterocycles. The maximum absolute atomic E-state index is 12.5. The van der Waals surface area contributed by atoms with Crippen LogP contribution in [0.5, 0.6) is 0 Å². The van der Waals surface area contributed by atoms with Crippen LogP contribution >= 0.6 is 0 Å². The highest BCUT2D eigenvalue weighted by Gasteiger charge is 2.29. The fourth-order valence-corrected chi connectivity index (χ4v) is 2.32. The van der Waals surface area contributed by atoms with Crippen molar-refractivity contribution < 1.29 is 22.8 Å². The molecule has 0 fully saturated rings. The fourth-order valence-electron chi connectivity index (χ4n) is 2.32. The summed E-state index contributed by atoms with van der Waals surface area (Å²) in [5.74, 6) is -1.01. The maximum atomic E-state index is 12.5. The van der Waals surface area contributed by atoms with Gasteiger partial charge >= 0.3 is 6.18 Å². The Morgan fingerprint density at radius 1 is 0.885 bits per heavy atom. The monoisotopic (exact) mass is 364 g/mol. The number of carbonyl (C=O) groups is 2. The van der Waals surface area contributed by atoms with Crippen molar-refractivity contribution in [1.82, 2.24) is 5.32 Å². The molecule has 2 N–H and O–H groups in total. The van der Waals surface area contributed by atoms with E-state index in [1.54, 1.807) is 0 Å². The lowest BCUT2D eigenvalue weighted by Crippen LogP contribution is -2.29. The van der Waals surface area contributed by atoms with Gasteiger partial charge in [0, 0.05) is 12.2 Å². The van der Waals surface area contributed by atoms with Crippen molar-refractivity contribution in [3.63, 3.8) is 0 Å². The number of benzene rings is 2. The normalized spacial score (nSPS) is 11.0. The molecule has 0 aliphatic carbocycles. The van der Waals surface area contributed by atoms with Gasteiger partial charge in [-0.1, -0.05) is 30.3 Å². The Labute approximate surface area is 149 Å². The first-order chi connectivity index (χ1) is 12.3. The van der Waals surface area contributed by atoms with E-state index in [0.29, 0.717) is 6.54 Å². The van der Waals surface area contributed by atoms with E-state index in [9.17, 15) is 22.8 Å². The highest BCUT2D eigenvalue weighted by molar-refractivity contribution is 6.03. The highest BCUT2D eigenvalue weighted by atomic mass is 19.4. The number of hydrogen-bond donors (Lipinski definition) is 2. The molecule has 138 valence electrons. The van der Waals surface area contributed by atoms with E-state index >= 15 is 0 Å². The molecule has 0 aliphatic rings. The number of alkyl halides is 3. The first kappa shape index (κ1) is 19.5. The first-order valence-corrected chi connectivity index (χ1v) is 8.12. The fraction of sp³-hybridized carbons (Fsp3) is 0.263. The second kappa shape index (κ2) is 9.03. The number of amides is 2. The Morgan fingerprint density at radius 3 is 2.15 bits per heavy atom. The number of nitrogens with one attached hydrogen (secondary N) is 2. The van der Waals surface area contributed by atoms with Gasteiger partial charge in [-0.05, 0) is 42.7 Å². The molecule has 0 heterocycles. The number of carbonyl (C=O) groups excluding carboxylic acids is 2. The molecule has 2 amide bonds. The van der Waals surface area contributed by atoms with E-state index in [0.717, 1.165) is 37.1 Å². The van der Waals surface area contributed by atoms with Gasteiger partial charge in [-0.3, -0.25) is 9.59 Å². The Hall–Kier alpha value is -2.83. The SMILES string of the molecule is O=C(CC(=O)Nc1ccc(C(F)(F)F)cc1)NCCCc1ccccc1. The molecule has 0 saturated carbocycles. The lowest BCUT2D eigenvalue weighted by molar-refractivity contribution is -0.137. The van der Waals surface area contributed by atoms with Crippen molar-refractivity contribution >= 4 is 17.5 Å². The quantitative estimate of drug-likeness (QED) is 0.580. The van der Waals surface area contributed by atoms with E-state index in [-0.39, 0.29) is 12.1 Å². The molecule has 26 heavy (non-hydrogen) atoms. The molecule has 0 atom stereocenters. The Kier molecular flexibility index (Phi) is 6.77. The van der Waals surface area contributed by atoms with Crippen LogP contribution < -0.4 is 10.6 Å². The predicted octanol–water partition coefficient (Wildman–Crippen LogP) is 3.78. The van der Waals surface area contributed by atoms with Gasteiger partial charge < -0.3 is 10.6 Å². The van der Waals surface area contributed by atoms with E-state index in [4.69, 9.17) is 0 Å². The summed E-state index contributed by atoms with van der Waals surface area (Å²) in [7, 11) is 0. The number of rotatable bonds is 7. The third-order valence-electron chi connectivity index (χ3n) is 3.62. The summed E-state index contributed by atoms with van der Waals surface area (Å²) in [5, 5.41) is 5.05. The van der Waals surface area contributed by atoms with Crippen molar-refractivity contribution in [1.29, 1.82) is 0 Å². The maximum Gasteiger partial charge on any atom is 0.416 e. The van der Waals surface area contributed by atoms with Crippen molar-refractivity contribution in [3.05, 3.63) is 65.7 Å². The molecule has 2 aromatic rings. The molecular weight excluding hydrogens is 345 g/mol. The third-order valence-corrected chi connectivity index (χ3v) is 3.62. The minimum Gasteiger partial charge on any atom is -0.356 e. The van der Waals surface area contributed by atoms with Crippen LogP contribution in [0.15, 0.2) is 54.6 Å². The lowest BCUT2D eigenvalue weighted by Gasteiger charge is -2.09. The molecule has 0 spiro atoms. The molecule has 7 heteroatoms.